The van der Waals surface area contributed by atoms with Crippen molar-refractivity contribution in [3.63, 3.8) is 0 Å². The van der Waals surface area contributed by atoms with Gasteiger partial charge in [0.1, 0.15) is 11.5 Å². The fourth-order valence-corrected chi connectivity index (χ4v) is 1.79. The van der Waals surface area contributed by atoms with Crippen LogP contribution in [0.2, 0.25) is 0 Å². The minimum absolute atomic E-state index is 0.0361. The van der Waals surface area contributed by atoms with Gasteiger partial charge < -0.3 is 14.8 Å². The maximum absolute atomic E-state index is 12.1. The third kappa shape index (κ3) is 3.53. The van der Waals surface area contributed by atoms with Crippen LogP contribution in [0.3, 0.4) is 0 Å². The number of nitrogens with one attached hydrogen (secondary N) is 1. The van der Waals surface area contributed by atoms with E-state index in [1.165, 1.54) is 7.11 Å². The van der Waals surface area contributed by atoms with E-state index in [4.69, 9.17) is 21.1 Å². The van der Waals surface area contributed by atoms with Gasteiger partial charge in [-0.2, -0.15) is 0 Å². The van der Waals surface area contributed by atoms with Crippen molar-refractivity contribution in [3.8, 4) is 11.5 Å². The minimum atomic E-state index is -0.193. The summed E-state index contributed by atoms with van der Waals surface area (Å²) in [5.74, 6) is 1.33. The first kappa shape index (κ1) is 14.6. The summed E-state index contributed by atoms with van der Waals surface area (Å²) in [4.78, 5) is 12.1. The predicted molar refractivity (Wildman–Crippen MR) is 71.8 cm³/mol. The third-order valence-electron chi connectivity index (χ3n) is 2.67. The maximum atomic E-state index is 12.1. The highest BCUT2D eigenvalue weighted by molar-refractivity contribution is 6.18. The molecule has 0 spiro atoms. The van der Waals surface area contributed by atoms with E-state index in [0.29, 0.717) is 22.9 Å². The molecule has 4 nitrogen and oxygen atoms in total. The van der Waals surface area contributed by atoms with Crippen molar-refractivity contribution in [2.75, 3.05) is 20.1 Å². The second-order valence-corrected chi connectivity index (χ2v) is 4.11. The molecule has 1 N–H and O–H groups in total. The summed E-state index contributed by atoms with van der Waals surface area (Å²) in [5, 5.41) is 2.85. The zero-order valence-corrected chi connectivity index (χ0v) is 11.6. The van der Waals surface area contributed by atoms with Gasteiger partial charge in [0.25, 0.3) is 5.91 Å². The predicted octanol–water partition coefficient (Wildman–Crippen LogP) is 2.45. The summed E-state index contributed by atoms with van der Waals surface area (Å²) in [6.07, 6.45) is 0.785. The van der Waals surface area contributed by atoms with Crippen LogP contribution in [0.25, 0.3) is 0 Å². The quantitative estimate of drug-likeness (QED) is 0.809. The number of ether oxygens (including phenoxy) is 2. The van der Waals surface area contributed by atoms with E-state index in [1.54, 1.807) is 25.3 Å². The summed E-state index contributed by atoms with van der Waals surface area (Å²) in [6.45, 7) is 1.97. The molecule has 0 fully saturated rings. The number of rotatable bonds is 6. The number of benzene rings is 1. The van der Waals surface area contributed by atoms with Gasteiger partial charge in [0.2, 0.25) is 0 Å². The number of carbonyl (C=O) groups excluding carboxylic acids is 1. The first-order valence-corrected chi connectivity index (χ1v) is 6.28. The maximum Gasteiger partial charge on any atom is 0.255 e. The van der Waals surface area contributed by atoms with Crippen molar-refractivity contribution in [1.29, 1.82) is 0 Å². The van der Waals surface area contributed by atoms with E-state index < -0.39 is 0 Å². The first-order chi connectivity index (χ1) is 8.65. The van der Waals surface area contributed by atoms with Crippen LogP contribution >= 0.6 is 11.6 Å². The summed E-state index contributed by atoms with van der Waals surface area (Å²) >= 11 is 5.75. The van der Waals surface area contributed by atoms with E-state index in [2.05, 4.69) is 5.32 Å². The van der Waals surface area contributed by atoms with Crippen molar-refractivity contribution >= 4 is 17.5 Å². The van der Waals surface area contributed by atoms with Gasteiger partial charge in [-0.1, -0.05) is 6.92 Å². The van der Waals surface area contributed by atoms with Crippen LogP contribution < -0.4 is 14.8 Å². The van der Waals surface area contributed by atoms with Crippen molar-refractivity contribution in [1.82, 2.24) is 5.32 Å². The van der Waals surface area contributed by atoms with E-state index in [9.17, 15) is 4.79 Å². The van der Waals surface area contributed by atoms with Gasteiger partial charge in [-0.15, -0.1) is 11.6 Å². The summed E-state index contributed by atoms with van der Waals surface area (Å²) in [6, 6.07) is 5.04. The first-order valence-electron chi connectivity index (χ1n) is 5.75. The van der Waals surface area contributed by atoms with Crippen LogP contribution in [0, 0.1) is 0 Å². The normalized spacial score (nSPS) is 11.8. The van der Waals surface area contributed by atoms with Crippen LogP contribution in [0.15, 0.2) is 18.2 Å². The summed E-state index contributed by atoms with van der Waals surface area (Å²) < 4.78 is 10.3. The molecule has 0 bridgehead atoms. The molecule has 0 aromatic heterocycles. The van der Waals surface area contributed by atoms with Crippen molar-refractivity contribution in [2.24, 2.45) is 0 Å². The molecule has 5 heteroatoms. The lowest BCUT2D eigenvalue weighted by atomic mass is 10.1. The van der Waals surface area contributed by atoms with Gasteiger partial charge in [-0.05, 0) is 18.6 Å². The Kier molecular flexibility index (Phi) is 5.78. The molecule has 1 aromatic rings. The van der Waals surface area contributed by atoms with Gasteiger partial charge in [-0.25, -0.2) is 0 Å². The molecule has 1 aromatic carbocycles. The lowest BCUT2D eigenvalue weighted by Crippen LogP contribution is -2.35. The number of hydrogen-bond donors (Lipinski definition) is 1. The molecular formula is C13H18ClNO3. The molecule has 0 radical (unpaired) electrons. The van der Waals surface area contributed by atoms with E-state index in [1.807, 2.05) is 6.92 Å². The van der Waals surface area contributed by atoms with Crippen molar-refractivity contribution < 1.29 is 14.3 Å². The minimum Gasteiger partial charge on any atom is -0.497 e. The lowest BCUT2D eigenvalue weighted by molar-refractivity contribution is 0.0936. The Labute approximate surface area is 112 Å². The Morgan fingerprint density at radius 1 is 1.39 bits per heavy atom. The number of carbonyl (C=O) groups is 1. The van der Waals surface area contributed by atoms with E-state index in [0.717, 1.165) is 6.42 Å². The molecule has 0 saturated heterocycles. The van der Waals surface area contributed by atoms with Crippen LogP contribution in [0.1, 0.15) is 23.7 Å². The second-order valence-electron chi connectivity index (χ2n) is 3.80. The van der Waals surface area contributed by atoms with Gasteiger partial charge >= 0.3 is 0 Å². The van der Waals surface area contributed by atoms with Crippen molar-refractivity contribution in [3.05, 3.63) is 23.8 Å². The molecule has 0 saturated carbocycles. The lowest BCUT2D eigenvalue weighted by Gasteiger charge is -2.15. The van der Waals surface area contributed by atoms with Gasteiger partial charge in [0.15, 0.2) is 0 Å². The Bertz CT molecular complexity index is 405. The second kappa shape index (κ2) is 7.11. The van der Waals surface area contributed by atoms with Crippen LogP contribution in [0.5, 0.6) is 11.5 Å². The Balaban J connectivity index is 2.91. The third-order valence-corrected chi connectivity index (χ3v) is 3.04. The highest BCUT2D eigenvalue weighted by Gasteiger charge is 2.16. The fourth-order valence-electron chi connectivity index (χ4n) is 1.50. The van der Waals surface area contributed by atoms with Crippen LogP contribution in [-0.2, 0) is 0 Å². The Hall–Kier alpha value is -1.42. The average molecular weight is 272 g/mol. The SMILES string of the molecule is CCC(CCl)NC(=O)c1ccc(OC)cc1OC. The largest absolute Gasteiger partial charge is 0.497 e. The molecule has 0 aliphatic rings. The highest BCUT2D eigenvalue weighted by atomic mass is 35.5. The number of halogens is 1. The van der Waals surface area contributed by atoms with Gasteiger partial charge in [-0.3, -0.25) is 4.79 Å². The highest BCUT2D eigenvalue weighted by Crippen LogP contribution is 2.24. The monoisotopic (exact) mass is 271 g/mol. The Morgan fingerprint density at radius 3 is 2.61 bits per heavy atom. The van der Waals surface area contributed by atoms with E-state index >= 15 is 0 Å². The average Bonchev–Trinajstić information content (AvgIpc) is 2.43. The summed E-state index contributed by atoms with van der Waals surface area (Å²) in [7, 11) is 3.08. The zero-order valence-electron chi connectivity index (χ0n) is 10.8. The van der Waals surface area contributed by atoms with Gasteiger partial charge in [0.05, 0.1) is 19.8 Å². The number of alkyl halides is 1. The summed E-state index contributed by atoms with van der Waals surface area (Å²) in [5.41, 5.74) is 0.474. The van der Waals surface area contributed by atoms with Crippen LogP contribution in [-0.4, -0.2) is 32.0 Å². The topological polar surface area (TPSA) is 47.6 Å². The molecule has 18 heavy (non-hydrogen) atoms. The molecule has 0 aliphatic heterocycles. The molecule has 0 aliphatic carbocycles. The standard InChI is InChI=1S/C13H18ClNO3/c1-4-9(8-14)15-13(16)11-6-5-10(17-2)7-12(11)18-3/h5-7,9H,4,8H2,1-3H3,(H,15,16). The number of methoxy groups -OCH3 is 2. The molecule has 1 unspecified atom stereocenters. The fraction of sp³-hybridized carbons (Fsp3) is 0.462. The molecule has 1 atom stereocenters. The van der Waals surface area contributed by atoms with E-state index in [-0.39, 0.29) is 11.9 Å². The molecule has 100 valence electrons. The van der Waals surface area contributed by atoms with Crippen molar-refractivity contribution in [2.45, 2.75) is 19.4 Å². The van der Waals surface area contributed by atoms with Gasteiger partial charge in [0, 0.05) is 18.0 Å². The number of hydrogen-bond acceptors (Lipinski definition) is 3. The molecule has 1 amide bonds. The zero-order chi connectivity index (χ0) is 13.5. The number of amides is 1. The smallest absolute Gasteiger partial charge is 0.255 e. The molecular weight excluding hydrogens is 254 g/mol. The van der Waals surface area contributed by atoms with Crippen LogP contribution in [0.4, 0.5) is 0 Å². The molecule has 1 rings (SSSR count). The Morgan fingerprint density at radius 2 is 2.11 bits per heavy atom. The molecule has 0 heterocycles.